The molecule has 1 rings (SSSR count). The van der Waals surface area contributed by atoms with E-state index in [0.29, 0.717) is 25.0 Å². The quantitative estimate of drug-likeness (QED) is 0.571. The maximum Gasteiger partial charge on any atom is 0.160 e. The average molecular weight is 322 g/mol. The number of benzene rings is 1. The van der Waals surface area contributed by atoms with Crippen molar-refractivity contribution in [3.63, 3.8) is 0 Å². The molecule has 1 atom stereocenters. The third-order valence-electron chi connectivity index (χ3n) is 4.04. The molecule has 0 amide bonds. The highest BCUT2D eigenvalue weighted by Crippen LogP contribution is 2.26. The average Bonchev–Trinajstić information content (AvgIpc) is 2.53. The summed E-state index contributed by atoms with van der Waals surface area (Å²) in [5.41, 5.74) is 0.894. The van der Waals surface area contributed by atoms with E-state index in [1.807, 2.05) is 6.07 Å². The van der Waals surface area contributed by atoms with Crippen LogP contribution in [0.3, 0.4) is 0 Å². The Hall–Kier alpha value is -1.55. The lowest BCUT2D eigenvalue weighted by atomic mass is 10.0. The number of phenols is 1. The first-order chi connectivity index (χ1) is 11.1. The fourth-order valence-corrected chi connectivity index (χ4v) is 2.63. The zero-order chi connectivity index (χ0) is 17.1. The van der Waals surface area contributed by atoms with Gasteiger partial charge >= 0.3 is 0 Å². The van der Waals surface area contributed by atoms with Crippen LogP contribution in [0.4, 0.5) is 0 Å². The number of aliphatic hydroxyl groups is 1. The van der Waals surface area contributed by atoms with E-state index in [1.54, 1.807) is 12.1 Å². The summed E-state index contributed by atoms with van der Waals surface area (Å²) >= 11 is 0. The van der Waals surface area contributed by atoms with E-state index in [9.17, 15) is 15.0 Å². The number of hydrogen-bond donors (Lipinski definition) is 2. The lowest BCUT2D eigenvalue weighted by molar-refractivity contribution is -0.121. The van der Waals surface area contributed by atoms with E-state index in [4.69, 9.17) is 4.74 Å². The Kier molecular flexibility index (Phi) is 9.37. The molecule has 1 unspecified atom stereocenters. The number of rotatable bonds is 12. The third kappa shape index (κ3) is 8.03. The fraction of sp³-hybridized carbons (Fsp3) is 0.632. The molecule has 0 radical (unpaired) electrons. The van der Waals surface area contributed by atoms with Crippen molar-refractivity contribution >= 4 is 5.78 Å². The number of carbonyl (C=O) groups excluding carboxylic acids is 1. The second-order valence-electron chi connectivity index (χ2n) is 6.11. The van der Waals surface area contributed by atoms with E-state index in [0.717, 1.165) is 18.4 Å². The summed E-state index contributed by atoms with van der Waals surface area (Å²) in [4.78, 5) is 11.9. The Bertz CT molecular complexity index is 470. The van der Waals surface area contributed by atoms with Crippen molar-refractivity contribution < 1.29 is 19.7 Å². The standard InChI is InChI=1S/C19H30O4/c1-3-4-5-6-7-8-16(20)14-17(21)11-9-15-10-12-19(23-2)18(22)13-15/h10,12-13,16,20,22H,3-9,11,14H2,1-2H3. The van der Waals surface area contributed by atoms with Crippen LogP contribution >= 0.6 is 0 Å². The molecule has 1 aromatic carbocycles. The van der Waals surface area contributed by atoms with Gasteiger partial charge in [0.15, 0.2) is 11.5 Å². The fourth-order valence-electron chi connectivity index (χ4n) is 2.63. The van der Waals surface area contributed by atoms with Crippen LogP contribution in [0.25, 0.3) is 0 Å². The Labute approximate surface area is 139 Å². The number of methoxy groups -OCH3 is 1. The summed E-state index contributed by atoms with van der Waals surface area (Å²) in [5, 5.41) is 19.6. The molecule has 4 heteroatoms. The molecule has 0 aliphatic heterocycles. The summed E-state index contributed by atoms with van der Waals surface area (Å²) < 4.78 is 4.99. The molecule has 23 heavy (non-hydrogen) atoms. The van der Waals surface area contributed by atoms with Crippen molar-refractivity contribution in [1.82, 2.24) is 0 Å². The van der Waals surface area contributed by atoms with Crippen LogP contribution in [0.5, 0.6) is 11.5 Å². The van der Waals surface area contributed by atoms with Crippen molar-refractivity contribution in [2.75, 3.05) is 7.11 Å². The molecule has 1 aromatic rings. The molecule has 0 aliphatic carbocycles. The van der Waals surface area contributed by atoms with Crippen LogP contribution < -0.4 is 4.74 Å². The number of unbranched alkanes of at least 4 members (excludes halogenated alkanes) is 4. The molecule has 0 aliphatic rings. The van der Waals surface area contributed by atoms with Crippen LogP contribution in [0.2, 0.25) is 0 Å². The molecular weight excluding hydrogens is 292 g/mol. The largest absolute Gasteiger partial charge is 0.504 e. The second kappa shape index (κ2) is 11.1. The molecule has 0 heterocycles. The first kappa shape index (κ1) is 19.5. The summed E-state index contributed by atoms with van der Waals surface area (Å²) in [5.74, 6) is 0.588. The Balaban J connectivity index is 2.24. The van der Waals surface area contributed by atoms with E-state index < -0.39 is 6.10 Å². The molecule has 130 valence electrons. The Morgan fingerprint density at radius 1 is 1.22 bits per heavy atom. The van der Waals surface area contributed by atoms with Gasteiger partial charge in [-0.1, -0.05) is 45.1 Å². The number of Topliss-reactive ketones (excluding diaryl/α,β-unsaturated/α-hetero) is 1. The van der Waals surface area contributed by atoms with Gasteiger partial charge in [0, 0.05) is 12.8 Å². The van der Waals surface area contributed by atoms with E-state index in [1.165, 1.54) is 26.4 Å². The van der Waals surface area contributed by atoms with Gasteiger partial charge in [-0.2, -0.15) is 0 Å². The summed E-state index contributed by atoms with van der Waals surface area (Å²) in [6.45, 7) is 2.18. The number of aliphatic hydroxyl groups excluding tert-OH is 1. The van der Waals surface area contributed by atoms with Crippen molar-refractivity contribution in [2.24, 2.45) is 0 Å². The van der Waals surface area contributed by atoms with Crippen LogP contribution in [0.1, 0.15) is 63.9 Å². The number of carbonyl (C=O) groups is 1. The van der Waals surface area contributed by atoms with Crippen molar-refractivity contribution in [1.29, 1.82) is 0 Å². The molecule has 0 bridgehead atoms. The van der Waals surface area contributed by atoms with Crippen LogP contribution in [0.15, 0.2) is 18.2 Å². The minimum atomic E-state index is -0.520. The zero-order valence-electron chi connectivity index (χ0n) is 14.4. The van der Waals surface area contributed by atoms with Gasteiger partial charge in [-0.25, -0.2) is 0 Å². The highest BCUT2D eigenvalue weighted by atomic mass is 16.5. The lowest BCUT2D eigenvalue weighted by Crippen LogP contribution is -2.13. The Morgan fingerprint density at radius 3 is 2.61 bits per heavy atom. The predicted octanol–water partition coefficient (Wildman–Crippen LogP) is 4.01. The number of aromatic hydroxyl groups is 1. The van der Waals surface area contributed by atoms with Crippen molar-refractivity contribution in [2.45, 2.75) is 70.8 Å². The van der Waals surface area contributed by atoms with Gasteiger partial charge < -0.3 is 14.9 Å². The topological polar surface area (TPSA) is 66.8 Å². The first-order valence-electron chi connectivity index (χ1n) is 8.62. The second-order valence-corrected chi connectivity index (χ2v) is 6.11. The molecule has 0 saturated heterocycles. The van der Waals surface area contributed by atoms with E-state index in [-0.39, 0.29) is 18.0 Å². The normalized spacial score (nSPS) is 12.1. The Morgan fingerprint density at radius 2 is 1.96 bits per heavy atom. The van der Waals surface area contributed by atoms with Crippen molar-refractivity contribution in [3.05, 3.63) is 23.8 Å². The van der Waals surface area contributed by atoms with Gasteiger partial charge in [-0.3, -0.25) is 4.79 Å². The van der Waals surface area contributed by atoms with E-state index >= 15 is 0 Å². The molecular formula is C19H30O4. The van der Waals surface area contributed by atoms with Crippen LogP contribution in [0, 0.1) is 0 Å². The van der Waals surface area contributed by atoms with Crippen LogP contribution in [-0.4, -0.2) is 29.2 Å². The summed E-state index contributed by atoms with van der Waals surface area (Å²) in [6, 6.07) is 5.16. The number of ketones is 1. The number of hydrogen-bond acceptors (Lipinski definition) is 4. The SMILES string of the molecule is CCCCCCCC(O)CC(=O)CCc1ccc(OC)c(O)c1. The van der Waals surface area contributed by atoms with Gasteiger partial charge in [0.25, 0.3) is 0 Å². The monoisotopic (exact) mass is 322 g/mol. The van der Waals surface area contributed by atoms with E-state index in [2.05, 4.69) is 6.92 Å². The third-order valence-corrected chi connectivity index (χ3v) is 4.04. The lowest BCUT2D eigenvalue weighted by Gasteiger charge is -2.10. The molecule has 4 nitrogen and oxygen atoms in total. The van der Waals surface area contributed by atoms with Gasteiger partial charge in [0.2, 0.25) is 0 Å². The maximum atomic E-state index is 11.9. The van der Waals surface area contributed by atoms with Crippen LogP contribution in [-0.2, 0) is 11.2 Å². The minimum Gasteiger partial charge on any atom is -0.504 e. The molecule has 0 saturated carbocycles. The molecule has 2 N–H and O–H groups in total. The first-order valence-corrected chi connectivity index (χ1v) is 8.62. The van der Waals surface area contributed by atoms with Gasteiger partial charge in [0.05, 0.1) is 13.2 Å². The summed E-state index contributed by atoms with van der Waals surface area (Å²) in [7, 11) is 1.50. The number of ether oxygens (including phenoxy) is 1. The van der Waals surface area contributed by atoms with Gasteiger partial charge in [-0.15, -0.1) is 0 Å². The zero-order valence-corrected chi connectivity index (χ0v) is 14.4. The van der Waals surface area contributed by atoms with Gasteiger partial charge in [-0.05, 0) is 30.5 Å². The minimum absolute atomic E-state index is 0.0707. The molecule has 0 aromatic heterocycles. The summed E-state index contributed by atoms with van der Waals surface area (Å²) in [6.07, 6.45) is 7.15. The number of aryl methyl sites for hydroxylation is 1. The smallest absolute Gasteiger partial charge is 0.160 e. The molecule has 0 fully saturated rings. The highest BCUT2D eigenvalue weighted by Gasteiger charge is 2.11. The van der Waals surface area contributed by atoms with Crippen molar-refractivity contribution in [3.8, 4) is 11.5 Å². The highest BCUT2D eigenvalue weighted by molar-refractivity contribution is 5.79. The number of phenolic OH excluding ortho intramolecular Hbond substituents is 1. The van der Waals surface area contributed by atoms with Gasteiger partial charge in [0.1, 0.15) is 5.78 Å². The molecule has 0 spiro atoms. The maximum absolute atomic E-state index is 11.9. The predicted molar refractivity (Wildman–Crippen MR) is 92.0 cm³/mol.